The van der Waals surface area contributed by atoms with Crippen molar-refractivity contribution in [3.8, 4) is 16.4 Å². The van der Waals surface area contributed by atoms with Crippen LogP contribution in [0.5, 0.6) is 0 Å². The minimum atomic E-state index is -3.57. The maximum absolute atomic E-state index is 12.8. The number of thiazole rings is 1. The van der Waals surface area contributed by atoms with Crippen LogP contribution in [0.2, 0.25) is 5.02 Å². The van der Waals surface area contributed by atoms with Gasteiger partial charge in [0.25, 0.3) is 5.91 Å². The molecule has 0 atom stereocenters. The molecule has 2 aromatic carbocycles. The van der Waals surface area contributed by atoms with Crippen molar-refractivity contribution in [1.29, 1.82) is 0 Å². The number of hydrogen-bond donors (Lipinski definition) is 1. The Balaban J connectivity index is 1.57. The highest BCUT2D eigenvalue weighted by atomic mass is 35.5. The van der Waals surface area contributed by atoms with E-state index in [1.807, 2.05) is 24.4 Å². The van der Waals surface area contributed by atoms with Gasteiger partial charge in [0.15, 0.2) is 0 Å². The summed E-state index contributed by atoms with van der Waals surface area (Å²) in [5, 5.41) is 10.4. The SMILES string of the molecule is Cc1cc(NC(=O)c2ccc(S(=O)(=O)N(C)C)cc2)n(-c2nc(-c3ccc(Cl)cc3)cs2)n1. The predicted molar refractivity (Wildman–Crippen MR) is 130 cm³/mol. The number of anilines is 1. The fourth-order valence-electron chi connectivity index (χ4n) is 3.03. The highest BCUT2D eigenvalue weighted by Gasteiger charge is 2.19. The van der Waals surface area contributed by atoms with Gasteiger partial charge in [0, 0.05) is 41.7 Å². The number of rotatable bonds is 6. The van der Waals surface area contributed by atoms with E-state index in [4.69, 9.17) is 11.6 Å². The van der Waals surface area contributed by atoms with Crippen LogP contribution in [0.4, 0.5) is 5.82 Å². The van der Waals surface area contributed by atoms with Gasteiger partial charge in [0.05, 0.1) is 16.3 Å². The number of aromatic nitrogens is 3. The van der Waals surface area contributed by atoms with Gasteiger partial charge in [-0.05, 0) is 43.3 Å². The first-order chi connectivity index (χ1) is 15.6. The summed E-state index contributed by atoms with van der Waals surface area (Å²) < 4.78 is 27.2. The summed E-state index contributed by atoms with van der Waals surface area (Å²) in [6.45, 7) is 1.82. The zero-order chi connectivity index (χ0) is 23.8. The molecule has 11 heteroatoms. The van der Waals surface area contributed by atoms with Gasteiger partial charge in [-0.2, -0.15) is 9.78 Å². The van der Waals surface area contributed by atoms with Crippen LogP contribution in [-0.2, 0) is 10.0 Å². The molecule has 0 fully saturated rings. The summed E-state index contributed by atoms with van der Waals surface area (Å²) in [6, 6.07) is 14.9. The molecule has 0 spiro atoms. The lowest BCUT2D eigenvalue weighted by Gasteiger charge is -2.11. The van der Waals surface area contributed by atoms with E-state index in [1.54, 1.807) is 22.9 Å². The molecule has 2 aromatic heterocycles. The van der Waals surface area contributed by atoms with Crippen molar-refractivity contribution in [3.63, 3.8) is 0 Å². The number of hydrogen-bond acceptors (Lipinski definition) is 6. The van der Waals surface area contributed by atoms with Crippen LogP contribution in [0.15, 0.2) is 64.9 Å². The second kappa shape index (κ2) is 9.06. The van der Waals surface area contributed by atoms with Crippen molar-refractivity contribution in [2.24, 2.45) is 0 Å². The second-order valence-electron chi connectivity index (χ2n) is 7.37. The van der Waals surface area contributed by atoms with E-state index < -0.39 is 10.0 Å². The molecule has 1 amide bonds. The number of aryl methyl sites for hydroxylation is 1. The molecule has 0 radical (unpaired) electrons. The van der Waals surface area contributed by atoms with Gasteiger partial charge in [-0.15, -0.1) is 11.3 Å². The number of benzene rings is 2. The normalized spacial score (nSPS) is 11.7. The topological polar surface area (TPSA) is 97.2 Å². The molecule has 8 nitrogen and oxygen atoms in total. The largest absolute Gasteiger partial charge is 0.306 e. The molecule has 4 rings (SSSR count). The summed E-state index contributed by atoms with van der Waals surface area (Å²) >= 11 is 7.36. The lowest BCUT2D eigenvalue weighted by atomic mass is 10.2. The molecule has 0 bridgehead atoms. The predicted octanol–water partition coefficient (Wildman–Crippen LogP) is 4.46. The van der Waals surface area contributed by atoms with E-state index in [1.165, 1.54) is 49.7 Å². The number of amides is 1. The van der Waals surface area contributed by atoms with Crippen LogP contribution < -0.4 is 5.32 Å². The van der Waals surface area contributed by atoms with E-state index in [-0.39, 0.29) is 10.8 Å². The van der Waals surface area contributed by atoms with E-state index >= 15 is 0 Å². The molecule has 1 N–H and O–H groups in total. The number of carbonyl (C=O) groups is 1. The van der Waals surface area contributed by atoms with Gasteiger partial charge >= 0.3 is 0 Å². The van der Waals surface area contributed by atoms with E-state index in [9.17, 15) is 13.2 Å². The molecule has 2 heterocycles. The summed E-state index contributed by atoms with van der Waals surface area (Å²) in [4.78, 5) is 17.6. The third-order valence-electron chi connectivity index (χ3n) is 4.78. The van der Waals surface area contributed by atoms with Crippen molar-refractivity contribution in [1.82, 2.24) is 19.1 Å². The van der Waals surface area contributed by atoms with Gasteiger partial charge in [-0.3, -0.25) is 4.79 Å². The number of nitrogens with one attached hydrogen (secondary N) is 1. The average Bonchev–Trinajstić information content (AvgIpc) is 3.41. The minimum Gasteiger partial charge on any atom is -0.306 e. The van der Waals surface area contributed by atoms with E-state index in [2.05, 4.69) is 15.4 Å². The lowest BCUT2D eigenvalue weighted by Crippen LogP contribution is -2.22. The Labute approximate surface area is 200 Å². The first-order valence-electron chi connectivity index (χ1n) is 9.77. The first-order valence-corrected chi connectivity index (χ1v) is 12.5. The maximum Gasteiger partial charge on any atom is 0.256 e. The molecular formula is C22H20ClN5O3S2. The Morgan fingerprint density at radius 3 is 2.39 bits per heavy atom. The average molecular weight is 502 g/mol. The molecular weight excluding hydrogens is 482 g/mol. The van der Waals surface area contributed by atoms with Crippen LogP contribution in [0.1, 0.15) is 16.1 Å². The Bertz CT molecular complexity index is 1410. The molecule has 4 aromatic rings. The molecule has 0 saturated carbocycles. The fraction of sp³-hybridized carbons (Fsp3) is 0.136. The van der Waals surface area contributed by atoms with Gasteiger partial charge in [0.2, 0.25) is 15.2 Å². The monoisotopic (exact) mass is 501 g/mol. The van der Waals surface area contributed by atoms with Crippen molar-refractivity contribution < 1.29 is 13.2 Å². The number of halogens is 1. The molecule has 0 saturated heterocycles. The smallest absolute Gasteiger partial charge is 0.256 e. The van der Waals surface area contributed by atoms with Crippen molar-refractivity contribution in [3.05, 3.63) is 76.3 Å². The van der Waals surface area contributed by atoms with Crippen LogP contribution in [0, 0.1) is 6.92 Å². The van der Waals surface area contributed by atoms with Crippen molar-refractivity contribution in [2.75, 3.05) is 19.4 Å². The fourth-order valence-corrected chi connectivity index (χ4v) is 4.85. The molecule has 170 valence electrons. The Hall–Kier alpha value is -3.05. The lowest BCUT2D eigenvalue weighted by molar-refractivity contribution is 0.102. The summed E-state index contributed by atoms with van der Waals surface area (Å²) in [7, 11) is -0.658. The van der Waals surface area contributed by atoms with Crippen LogP contribution in [-0.4, -0.2) is 47.5 Å². The second-order valence-corrected chi connectivity index (χ2v) is 10.8. The maximum atomic E-state index is 12.8. The van der Waals surface area contributed by atoms with E-state index in [0.29, 0.717) is 27.2 Å². The zero-order valence-electron chi connectivity index (χ0n) is 18.0. The Kier molecular flexibility index (Phi) is 6.35. The standard InChI is InChI=1S/C22H20ClN5O3S2/c1-14-12-20(25-21(29)16-6-10-18(11-7-16)33(30,31)27(2)3)28(26-14)22-24-19(13-32-22)15-4-8-17(23)9-5-15/h4-13H,1-3H3,(H,25,29). The van der Waals surface area contributed by atoms with Gasteiger partial charge < -0.3 is 5.32 Å². The first kappa shape index (κ1) is 23.1. The van der Waals surface area contributed by atoms with E-state index in [0.717, 1.165) is 15.6 Å². The highest BCUT2D eigenvalue weighted by molar-refractivity contribution is 7.89. The Morgan fingerprint density at radius 1 is 1.09 bits per heavy atom. The third kappa shape index (κ3) is 4.83. The quantitative estimate of drug-likeness (QED) is 0.420. The van der Waals surface area contributed by atoms with Crippen molar-refractivity contribution >= 4 is 44.7 Å². The van der Waals surface area contributed by atoms with Gasteiger partial charge in [-0.1, -0.05) is 23.7 Å². The number of carbonyl (C=O) groups excluding carboxylic acids is 1. The minimum absolute atomic E-state index is 0.113. The summed E-state index contributed by atoms with van der Waals surface area (Å²) in [5.41, 5.74) is 2.72. The highest BCUT2D eigenvalue weighted by Crippen LogP contribution is 2.27. The van der Waals surface area contributed by atoms with Gasteiger partial charge in [0.1, 0.15) is 5.82 Å². The molecule has 0 aliphatic heterocycles. The van der Waals surface area contributed by atoms with Crippen LogP contribution in [0.25, 0.3) is 16.4 Å². The van der Waals surface area contributed by atoms with Crippen LogP contribution in [0.3, 0.4) is 0 Å². The molecule has 0 aliphatic carbocycles. The summed E-state index contributed by atoms with van der Waals surface area (Å²) in [5.74, 6) is 0.0685. The molecule has 0 unspecified atom stereocenters. The Morgan fingerprint density at radius 2 is 1.76 bits per heavy atom. The number of sulfonamides is 1. The molecule has 33 heavy (non-hydrogen) atoms. The third-order valence-corrected chi connectivity index (χ3v) is 7.68. The number of nitrogens with zero attached hydrogens (tertiary/aromatic N) is 4. The van der Waals surface area contributed by atoms with Gasteiger partial charge in [-0.25, -0.2) is 17.7 Å². The molecule has 0 aliphatic rings. The summed E-state index contributed by atoms with van der Waals surface area (Å²) in [6.07, 6.45) is 0. The van der Waals surface area contributed by atoms with Crippen molar-refractivity contribution in [2.45, 2.75) is 11.8 Å². The zero-order valence-corrected chi connectivity index (χ0v) is 20.4. The van der Waals surface area contributed by atoms with Crippen LogP contribution >= 0.6 is 22.9 Å².